The van der Waals surface area contributed by atoms with E-state index in [1.807, 2.05) is 0 Å². The lowest BCUT2D eigenvalue weighted by Gasteiger charge is -2.26. The quantitative estimate of drug-likeness (QED) is 0.642. The van der Waals surface area contributed by atoms with Gasteiger partial charge in [-0.2, -0.15) is 4.72 Å². The number of carbonyl (C=O) groups excluding carboxylic acids is 2. The Kier molecular flexibility index (Phi) is 6.99. The molecular formula is C11H21NO6S. The molecule has 0 amide bonds. The fraction of sp³-hybridized carbons (Fsp3) is 0.818. The molecule has 0 aromatic rings. The second kappa shape index (κ2) is 7.44. The molecule has 0 fully saturated rings. The number of sulfonamides is 1. The summed E-state index contributed by atoms with van der Waals surface area (Å²) in [7, 11) is -2.79. The molecule has 0 aliphatic carbocycles. The van der Waals surface area contributed by atoms with Gasteiger partial charge in [-0.15, -0.1) is 0 Å². The molecule has 0 spiro atoms. The highest BCUT2D eigenvalue weighted by Crippen LogP contribution is 2.16. The van der Waals surface area contributed by atoms with Crippen LogP contribution in [0.2, 0.25) is 0 Å². The van der Waals surface area contributed by atoms with E-state index in [4.69, 9.17) is 0 Å². The smallest absolute Gasteiger partial charge is 0.326 e. The molecule has 8 heteroatoms. The Bertz CT molecular complexity index is 419. The number of hydrogen-bond donors (Lipinski definition) is 1. The van der Waals surface area contributed by atoms with Gasteiger partial charge in [0.15, 0.2) is 5.75 Å². The number of ether oxygens (including phenoxy) is 2. The van der Waals surface area contributed by atoms with Crippen LogP contribution in [0.25, 0.3) is 0 Å². The van der Waals surface area contributed by atoms with Crippen LogP contribution in [0.15, 0.2) is 0 Å². The number of rotatable bonds is 8. The molecule has 7 nitrogen and oxygen atoms in total. The van der Waals surface area contributed by atoms with Gasteiger partial charge >= 0.3 is 11.9 Å². The second-order valence-electron chi connectivity index (χ2n) is 4.24. The Morgan fingerprint density at radius 1 is 1.26 bits per heavy atom. The predicted octanol–water partition coefficient (Wildman–Crippen LogP) is 0.201. The molecule has 1 atom stereocenters. The van der Waals surface area contributed by atoms with Crippen LogP contribution in [-0.4, -0.2) is 45.4 Å². The average molecular weight is 295 g/mol. The number of nitrogens with one attached hydrogen (secondary N) is 1. The molecule has 0 bridgehead atoms. The summed E-state index contributed by atoms with van der Waals surface area (Å²) in [6.45, 7) is 4.90. The van der Waals surface area contributed by atoms with E-state index in [0.717, 1.165) is 0 Å². The maximum Gasteiger partial charge on any atom is 0.326 e. The first kappa shape index (κ1) is 17.8. The predicted molar refractivity (Wildman–Crippen MR) is 68.9 cm³/mol. The molecule has 0 radical (unpaired) electrons. The number of hydrogen-bond acceptors (Lipinski definition) is 6. The fourth-order valence-electron chi connectivity index (χ4n) is 1.66. The lowest BCUT2D eigenvalue weighted by molar-refractivity contribution is -0.147. The third-order valence-corrected chi connectivity index (χ3v) is 3.76. The molecule has 1 unspecified atom stereocenters. The summed E-state index contributed by atoms with van der Waals surface area (Å²) in [6, 6.07) is 0. The normalized spacial score (nSPS) is 14.5. The minimum absolute atomic E-state index is 0.0948. The van der Waals surface area contributed by atoms with Crippen LogP contribution in [-0.2, 0) is 29.1 Å². The monoisotopic (exact) mass is 295 g/mol. The molecule has 1 N–H and O–H groups in total. The highest BCUT2D eigenvalue weighted by atomic mass is 32.2. The van der Waals surface area contributed by atoms with E-state index in [1.54, 1.807) is 13.8 Å². The van der Waals surface area contributed by atoms with Crippen LogP contribution in [0.1, 0.15) is 33.6 Å². The van der Waals surface area contributed by atoms with Crippen LogP contribution >= 0.6 is 0 Å². The molecule has 0 saturated heterocycles. The van der Waals surface area contributed by atoms with Crippen molar-refractivity contribution in [2.24, 2.45) is 0 Å². The van der Waals surface area contributed by atoms with E-state index < -0.39 is 33.3 Å². The number of methoxy groups -OCH3 is 1. The lowest BCUT2D eigenvalue weighted by atomic mass is 9.98. The summed E-state index contributed by atoms with van der Waals surface area (Å²) < 4.78 is 35.0. The first-order valence-corrected chi connectivity index (χ1v) is 7.61. The maximum atomic E-state index is 11.8. The van der Waals surface area contributed by atoms with E-state index in [1.165, 1.54) is 14.0 Å². The molecule has 0 aromatic heterocycles. The minimum Gasteiger partial charge on any atom is -0.468 e. The summed E-state index contributed by atoms with van der Waals surface area (Å²) in [5.41, 5.74) is -1.38. The van der Waals surface area contributed by atoms with Crippen molar-refractivity contribution >= 4 is 22.0 Å². The summed E-state index contributed by atoms with van der Waals surface area (Å²) in [6.07, 6.45) is 0.843. The molecular weight excluding hydrogens is 274 g/mol. The van der Waals surface area contributed by atoms with Gasteiger partial charge in [-0.05, 0) is 20.3 Å². The third-order valence-electron chi connectivity index (χ3n) is 2.38. The topological polar surface area (TPSA) is 98.8 Å². The molecule has 0 aliphatic heterocycles. The summed E-state index contributed by atoms with van der Waals surface area (Å²) in [5, 5.41) is 0. The molecule has 0 heterocycles. The molecule has 0 aliphatic rings. The fourth-order valence-corrected chi connectivity index (χ4v) is 2.99. The molecule has 0 rings (SSSR count). The molecule has 19 heavy (non-hydrogen) atoms. The summed E-state index contributed by atoms with van der Waals surface area (Å²) in [4.78, 5) is 22.8. The summed E-state index contributed by atoms with van der Waals surface area (Å²) in [5.74, 6) is -2.38. The number of esters is 2. The highest BCUT2D eigenvalue weighted by molar-refractivity contribution is 7.90. The highest BCUT2D eigenvalue weighted by Gasteiger charge is 2.38. The van der Waals surface area contributed by atoms with Gasteiger partial charge < -0.3 is 9.47 Å². The van der Waals surface area contributed by atoms with Crippen molar-refractivity contribution in [1.82, 2.24) is 4.72 Å². The van der Waals surface area contributed by atoms with E-state index >= 15 is 0 Å². The van der Waals surface area contributed by atoms with E-state index in [9.17, 15) is 18.0 Å². The Morgan fingerprint density at radius 3 is 2.26 bits per heavy atom. The van der Waals surface area contributed by atoms with Gasteiger partial charge in [-0.25, -0.2) is 8.42 Å². The van der Waals surface area contributed by atoms with Gasteiger partial charge in [-0.1, -0.05) is 13.3 Å². The van der Waals surface area contributed by atoms with Crippen LogP contribution in [0.5, 0.6) is 0 Å². The Hall–Kier alpha value is -1.15. The number of carbonyl (C=O) groups is 2. The van der Waals surface area contributed by atoms with Gasteiger partial charge in [-0.3, -0.25) is 9.59 Å². The first-order chi connectivity index (χ1) is 8.70. The zero-order valence-corrected chi connectivity index (χ0v) is 12.5. The van der Waals surface area contributed by atoms with Crippen molar-refractivity contribution in [2.75, 3.05) is 19.5 Å². The largest absolute Gasteiger partial charge is 0.468 e. The van der Waals surface area contributed by atoms with E-state index in [-0.39, 0.29) is 13.0 Å². The van der Waals surface area contributed by atoms with Gasteiger partial charge in [0.2, 0.25) is 10.0 Å². The molecule has 0 aromatic carbocycles. The van der Waals surface area contributed by atoms with Crippen LogP contribution in [0.3, 0.4) is 0 Å². The van der Waals surface area contributed by atoms with Crippen LogP contribution < -0.4 is 4.72 Å². The van der Waals surface area contributed by atoms with E-state index in [2.05, 4.69) is 14.2 Å². The van der Waals surface area contributed by atoms with Crippen LogP contribution in [0.4, 0.5) is 0 Å². The summed E-state index contributed by atoms with van der Waals surface area (Å²) >= 11 is 0. The van der Waals surface area contributed by atoms with Crippen molar-refractivity contribution in [3.05, 3.63) is 0 Å². The lowest BCUT2D eigenvalue weighted by Crippen LogP contribution is -2.53. The van der Waals surface area contributed by atoms with Crippen molar-refractivity contribution in [3.8, 4) is 0 Å². The zero-order chi connectivity index (χ0) is 15.1. The molecule has 112 valence electrons. The average Bonchev–Trinajstić information content (AvgIpc) is 2.26. The van der Waals surface area contributed by atoms with Gasteiger partial charge in [0.05, 0.1) is 13.7 Å². The second-order valence-corrected chi connectivity index (χ2v) is 5.96. The Morgan fingerprint density at radius 2 is 1.84 bits per heavy atom. The van der Waals surface area contributed by atoms with Crippen molar-refractivity contribution in [2.45, 2.75) is 39.2 Å². The van der Waals surface area contributed by atoms with Crippen molar-refractivity contribution < 1.29 is 27.5 Å². The third kappa shape index (κ3) is 6.02. The Labute approximate surface area is 113 Å². The SMILES string of the molecule is CCCC(C)(NS(=O)(=O)CC(=O)OCC)C(=O)OC. The standard InChI is InChI=1S/C11H21NO6S/c1-5-7-11(3,10(14)17-4)12-19(15,16)8-9(13)18-6-2/h12H,5-8H2,1-4H3. The van der Waals surface area contributed by atoms with E-state index in [0.29, 0.717) is 6.42 Å². The minimum atomic E-state index is -3.96. The maximum absolute atomic E-state index is 11.8. The Balaban J connectivity index is 4.93. The first-order valence-electron chi connectivity index (χ1n) is 5.96. The zero-order valence-electron chi connectivity index (χ0n) is 11.7. The van der Waals surface area contributed by atoms with Gasteiger partial charge in [0.1, 0.15) is 5.54 Å². The van der Waals surface area contributed by atoms with Gasteiger partial charge in [0, 0.05) is 0 Å². The van der Waals surface area contributed by atoms with Crippen molar-refractivity contribution in [1.29, 1.82) is 0 Å². The van der Waals surface area contributed by atoms with Crippen LogP contribution in [0, 0.1) is 0 Å². The van der Waals surface area contributed by atoms with Crippen molar-refractivity contribution in [3.63, 3.8) is 0 Å². The molecule has 0 saturated carbocycles. The van der Waals surface area contributed by atoms with Gasteiger partial charge in [0.25, 0.3) is 0 Å².